The maximum atomic E-state index is 12.7. The Balaban J connectivity index is 3.05. The monoisotopic (exact) mass is 308 g/mol. The second-order valence-corrected chi connectivity index (χ2v) is 4.95. The molecule has 1 aromatic heterocycles. The summed E-state index contributed by atoms with van der Waals surface area (Å²) in [5, 5.41) is 16.4. The summed E-state index contributed by atoms with van der Waals surface area (Å²) < 4.78 is 39.6. The van der Waals surface area contributed by atoms with Gasteiger partial charge in [0.25, 0.3) is 0 Å². The summed E-state index contributed by atoms with van der Waals surface area (Å²) in [4.78, 5) is 1.13. The first kappa shape index (κ1) is 17.8. The van der Waals surface area contributed by atoms with Crippen molar-refractivity contribution in [3.05, 3.63) is 11.3 Å². The number of rotatable bonds is 8. The largest absolute Gasteiger partial charge is 0.405 e. The van der Waals surface area contributed by atoms with Crippen molar-refractivity contribution in [2.45, 2.75) is 33.0 Å². The van der Waals surface area contributed by atoms with Crippen molar-refractivity contribution in [3.63, 3.8) is 0 Å². The van der Waals surface area contributed by atoms with E-state index >= 15 is 0 Å². The minimum atomic E-state index is -4.33. The third-order valence-corrected chi connectivity index (χ3v) is 3.08. The first-order valence-electron chi connectivity index (χ1n) is 6.95. The number of halogens is 3. The van der Waals surface area contributed by atoms with Gasteiger partial charge in [0, 0.05) is 25.7 Å². The van der Waals surface area contributed by atoms with E-state index < -0.39 is 12.7 Å². The van der Waals surface area contributed by atoms with Crippen molar-refractivity contribution < 1.29 is 18.3 Å². The van der Waals surface area contributed by atoms with Gasteiger partial charge < -0.3 is 15.3 Å². The Morgan fingerprint density at radius 2 is 2.05 bits per heavy atom. The second kappa shape index (κ2) is 7.65. The number of alkyl halides is 3. The molecule has 0 aliphatic carbocycles. The Bertz CT molecular complexity index is 445. The molecule has 0 spiro atoms. The molecule has 0 saturated carbocycles. The van der Waals surface area contributed by atoms with E-state index in [1.54, 1.807) is 14.0 Å². The lowest BCUT2D eigenvalue weighted by molar-refractivity contribution is -0.120. The molecule has 8 heteroatoms. The molecule has 0 radical (unpaired) electrons. The van der Waals surface area contributed by atoms with Crippen LogP contribution in [-0.2, 0) is 13.6 Å². The summed E-state index contributed by atoms with van der Waals surface area (Å²) in [6.45, 7) is 3.51. The van der Waals surface area contributed by atoms with E-state index in [-0.39, 0.29) is 13.2 Å². The topological polar surface area (TPSA) is 53.3 Å². The van der Waals surface area contributed by atoms with Crippen LogP contribution < -0.4 is 10.2 Å². The van der Waals surface area contributed by atoms with Gasteiger partial charge >= 0.3 is 6.18 Å². The van der Waals surface area contributed by atoms with Gasteiger partial charge in [-0.3, -0.25) is 4.68 Å². The molecule has 2 N–H and O–H groups in total. The number of aliphatic hydroxyl groups excluding tert-OH is 1. The Morgan fingerprint density at radius 3 is 2.57 bits per heavy atom. The summed E-state index contributed by atoms with van der Waals surface area (Å²) in [5.41, 5.74) is 1.44. The maximum Gasteiger partial charge on any atom is 0.405 e. The average Bonchev–Trinajstić information content (AvgIpc) is 2.62. The Labute approximate surface area is 122 Å². The highest BCUT2D eigenvalue weighted by molar-refractivity contribution is 5.50. The molecular formula is C13H23F3N4O. The van der Waals surface area contributed by atoms with E-state index in [2.05, 4.69) is 10.4 Å². The number of aromatic nitrogens is 2. The minimum absolute atomic E-state index is 0.0841. The highest BCUT2D eigenvalue weighted by Crippen LogP contribution is 2.26. The number of nitrogens with one attached hydrogen (secondary N) is 1. The molecule has 0 atom stereocenters. The molecule has 0 amide bonds. The van der Waals surface area contributed by atoms with Crippen molar-refractivity contribution in [1.82, 2.24) is 15.1 Å². The number of aryl methyl sites for hydroxylation is 2. The van der Waals surface area contributed by atoms with Crippen LogP contribution in [0.4, 0.5) is 19.0 Å². The van der Waals surface area contributed by atoms with Crippen LogP contribution in [0.3, 0.4) is 0 Å². The van der Waals surface area contributed by atoms with Crippen molar-refractivity contribution in [1.29, 1.82) is 0 Å². The van der Waals surface area contributed by atoms with Crippen LogP contribution in [0.25, 0.3) is 0 Å². The van der Waals surface area contributed by atoms with Crippen molar-refractivity contribution >= 4 is 5.82 Å². The van der Waals surface area contributed by atoms with Crippen LogP contribution in [0.5, 0.6) is 0 Å². The zero-order chi connectivity index (χ0) is 16.0. The van der Waals surface area contributed by atoms with Crippen molar-refractivity contribution in [2.75, 3.05) is 31.1 Å². The fourth-order valence-corrected chi connectivity index (χ4v) is 2.28. The normalized spacial score (nSPS) is 12.0. The van der Waals surface area contributed by atoms with Crippen LogP contribution in [0.2, 0.25) is 0 Å². The number of hydrogen-bond acceptors (Lipinski definition) is 4. The van der Waals surface area contributed by atoms with Crippen LogP contribution >= 0.6 is 0 Å². The third kappa shape index (κ3) is 5.20. The summed E-state index contributed by atoms with van der Waals surface area (Å²) in [5.74, 6) is 0.405. The molecule has 1 aromatic rings. The predicted molar refractivity (Wildman–Crippen MR) is 75.3 cm³/mol. The zero-order valence-electron chi connectivity index (χ0n) is 12.7. The molecule has 0 aliphatic heterocycles. The van der Waals surface area contributed by atoms with E-state index in [9.17, 15) is 13.2 Å². The lowest BCUT2D eigenvalue weighted by Crippen LogP contribution is -2.38. The molecule has 1 rings (SSSR count). The van der Waals surface area contributed by atoms with Crippen molar-refractivity contribution in [3.8, 4) is 0 Å². The Hall–Kier alpha value is -1.28. The van der Waals surface area contributed by atoms with Gasteiger partial charge in [-0.25, -0.2) is 0 Å². The van der Waals surface area contributed by atoms with E-state index in [4.69, 9.17) is 5.11 Å². The second-order valence-electron chi connectivity index (χ2n) is 4.95. The molecule has 0 unspecified atom stereocenters. The molecule has 5 nitrogen and oxygen atoms in total. The van der Waals surface area contributed by atoms with Gasteiger partial charge in [-0.1, -0.05) is 6.92 Å². The molecule has 0 saturated heterocycles. The molecule has 0 aromatic carbocycles. The highest BCUT2D eigenvalue weighted by Gasteiger charge is 2.33. The molecule has 0 aliphatic rings. The summed E-state index contributed by atoms with van der Waals surface area (Å²) >= 11 is 0. The molecule has 1 heterocycles. The molecule has 0 fully saturated rings. The summed E-state index contributed by atoms with van der Waals surface area (Å²) in [7, 11) is 1.62. The van der Waals surface area contributed by atoms with E-state index in [1.165, 1.54) is 4.68 Å². The SMILES string of the molecule is CCCNCc1c(C)nn(C)c1N(CCO)CC(F)(F)F. The molecule has 122 valence electrons. The number of nitrogens with zero attached hydrogens (tertiary/aromatic N) is 3. The summed E-state index contributed by atoms with van der Waals surface area (Å²) in [6.07, 6.45) is -3.39. The number of hydrogen-bond donors (Lipinski definition) is 2. The van der Waals surface area contributed by atoms with E-state index in [1.807, 2.05) is 6.92 Å². The Morgan fingerprint density at radius 1 is 1.38 bits per heavy atom. The van der Waals surface area contributed by atoms with E-state index in [0.29, 0.717) is 18.1 Å². The van der Waals surface area contributed by atoms with Crippen LogP contribution in [-0.4, -0.2) is 47.3 Å². The smallest absolute Gasteiger partial charge is 0.395 e. The predicted octanol–water partition coefficient (Wildman–Crippen LogP) is 1.59. The first-order chi connectivity index (χ1) is 9.80. The van der Waals surface area contributed by atoms with Gasteiger partial charge in [0.05, 0.1) is 12.3 Å². The van der Waals surface area contributed by atoms with Crippen LogP contribution in [0.15, 0.2) is 0 Å². The van der Waals surface area contributed by atoms with Gasteiger partial charge in [-0.05, 0) is 19.9 Å². The van der Waals surface area contributed by atoms with Crippen LogP contribution in [0, 0.1) is 6.92 Å². The zero-order valence-corrected chi connectivity index (χ0v) is 12.7. The third-order valence-electron chi connectivity index (χ3n) is 3.08. The van der Waals surface area contributed by atoms with Crippen molar-refractivity contribution in [2.24, 2.45) is 7.05 Å². The van der Waals surface area contributed by atoms with E-state index in [0.717, 1.165) is 23.4 Å². The average molecular weight is 308 g/mol. The number of anilines is 1. The van der Waals surface area contributed by atoms with Gasteiger partial charge in [0.2, 0.25) is 0 Å². The standard InChI is InChI=1S/C13H23F3N4O/c1-4-5-17-8-11-10(2)18-19(3)12(11)20(6-7-21)9-13(14,15)16/h17,21H,4-9H2,1-3H3. The van der Waals surface area contributed by atoms with Gasteiger partial charge in [-0.15, -0.1) is 0 Å². The minimum Gasteiger partial charge on any atom is -0.395 e. The first-order valence-corrected chi connectivity index (χ1v) is 6.95. The lowest BCUT2D eigenvalue weighted by atomic mass is 10.2. The lowest BCUT2D eigenvalue weighted by Gasteiger charge is -2.26. The van der Waals surface area contributed by atoms with Gasteiger partial charge in [-0.2, -0.15) is 18.3 Å². The fraction of sp³-hybridized carbons (Fsp3) is 0.769. The van der Waals surface area contributed by atoms with Gasteiger partial charge in [0.1, 0.15) is 12.4 Å². The number of aliphatic hydroxyl groups is 1. The van der Waals surface area contributed by atoms with Gasteiger partial charge in [0.15, 0.2) is 0 Å². The van der Waals surface area contributed by atoms with Crippen LogP contribution in [0.1, 0.15) is 24.6 Å². The fourth-order valence-electron chi connectivity index (χ4n) is 2.28. The maximum absolute atomic E-state index is 12.7. The molecule has 0 bridgehead atoms. The molecule has 21 heavy (non-hydrogen) atoms. The Kier molecular flexibility index (Phi) is 6.47. The summed E-state index contributed by atoms with van der Waals surface area (Å²) in [6, 6.07) is 0. The molecular weight excluding hydrogens is 285 g/mol. The quantitative estimate of drug-likeness (QED) is 0.716. The highest BCUT2D eigenvalue weighted by atomic mass is 19.4.